The summed E-state index contributed by atoms with van der Waals surface area (Å²) in [6.07, 6.45) is 8.42. The van der Waals surface area contributed by atoms with Gasteiger partial charge in [0.2, 0.25) is 0 Å². The molecule has 0 bridgehead atoms. The number of pyridine rings is 1. The van der Waals surface area contributed by atoms with E-state index in [1.807, 2.05) is 30.2 Å². The van der Waals surface area contributed by atoms with Crippen LogP contribution in [0.2, 0.25) is 0 Å². The lowest BCUT2D eigenvalue weighted by molar-refractivity contribution is 0.684. The summed E-state index contributed by atoms with van der Waals surface area (Å²) in [6, 6.07) is 2.92. The van der Waals surface area contributed by atoms with Gasteiger partial charge in [0.25, 0.3) is 0 Å². The van der Waals surface area contributed by atoms with E-state index in [1.54, 1.807) is 0 Å². The molecule has 1 N–H and O–H groups in total. The van der Waals surface area contributed by atoms with Gasteiger partial charge in [-0.1, -0.05) is 0 Å². The molecule has 4 nitrogen and oxygen atoms in total. The fourth-order valence-electron chi connectivity index (χ4n) is 2.04. The molecule has 2 aromatic rings. The zero-order valence-corrected chi connectivity index (χ0v) is 10.8. The Hall–Kier alpha value is -1.68. The van der Waals surface area contributed by atoms with Gasteiger partial charge in [0.05, 0.1) is 6.20 Å². The van der Waals surface area contributed by atoms with Crippen molar-refractivity contribution in [2.24, 2.45) is 0 Å². The highest BCUT2D eigenvalue weighted by Crippen LogP contribution is 2.19. The molecule has 0 spiro atoms. The Balaban J connectivity index is 1.79. The third kappa shape index (κ3) is 2.43. The summed E-state index contributed by atoms with van der Waals surface area (Å²) in [5.74, 6) is 0.915. The molecule has 4 heteroatoms. The number of hydrogen-bond acceptors (Lipinski definition) is 3. The molecular weight excluding hydrogens is 224 g/mol. The molecule has 0 saturated heterocycles. The average Bonchev–Trinajstić information content (AvgIpc) is 3.09. The summed E-state index contributed by atoms with van der Waals surface area (Å²) < 4.78 is 1.84. The normalized spacial score (nSPS) is 15.0. The summed E-state index contributed by atoms with van der Waals surface area (Å²) in [7, 11) is 0. The predicted molar refractivity (Wildman–Crippen MR) is 70.7 cm³/mol. The van der Waals surface area contributed by atoms with Gasteiger partial charge in [-0.05, 0) is 49.4 Å². The monoisotopic (exact) mass is 242 g/mol. The highest BCUT2D eigenvalue weighted by atomic mass is 15.3. The first-order valence-corrected chi connectivity index (χ1v) is 6.43. The first kappa shape index (κ1) is 11.4. The zero-order valence-electron chi connectivity index (χ0n) is 10.8. The van der Waals surface area contributed by atoms with Crippen molar-refractivity contribution >= 4 is 0 Å². The van der Waals surface area contributed by atoms with Crippen LogP contribution in [0, 0.1) is 13.8 Å². The lowest BCUT2D eigenvalue weighted by Gasteiger charge is -2.08. The Bertz CT molecular complexity index is 555. The van der Waals surface area contributed by atoms with Gasteiger partial charge in [0.15, 0.2) is 5.82 Å². The lowest BCUT2D eigenvalue weighted by atomic mass is 10.2. The van der Waals surface area contributed by atoms with E-state index < -0.39 is 0 Å². The second kappa shape index (κ2) is 4.53. The van der Waals surface area contributed by atoms with E-state index in [0.717, 1.165) is 29.5 Å². The van der Waals surface area contributed by atoms with Crippen LogP contribution in [0.15, 0.2) is 24.7 Å². The Morgan fingerprint density at radius 1 is 1.33 bits per heavy atom. The second-order valence-corrected chi connectivity index (χ2v) is 5.10. The van der Waals surface area contributed by atoms with Crippen LogP contribution in [0.4, 0.5) is 0 Å². The van der Waals surface area contributed by atoms with Gasteiger partial charge in [-0.3, -0.25) is 0 Å². The van der Waals surface area contributed by atoms with E-state index >= 15 is 0 Å². The molecule has 0 radical (unpaired) electrons. The highest BCUT2D eigenvalue weighted by molar-refractivity contribution is 5.35. The van der Waals surface area contributed by atoms with Crippen LogP contribution in [0.25, 0.3) is 5.82 Å². The summed E-state index contributed by atoms with van der Waals surface area (Å²) in [5.41, 5.74) is 3.55. The molecule has 94 valence electrons. The Morgan fingerprint density at radius 2 is 2.17 bits per heavy atom. The van der Waals surface area contributed by atoms with E-state index in [4.69, 9.17) is 0 Å². The van der Waals surface area contributed by atoms with Crippen LogP contribution >= 0.6 is 0 Å². The molecule has 0 aromatic carbocycles. The number of rotatable bonds is 4. The first-order valence-electron chi connectivity index (χ1n) is 6.43. The van der Waals surface area contributed by atoms with Gasteiger partial charge < -0.3 is 5.32 Å². The molecule has 1 aliphatic rings. The van der Waals surface area contributed by atoms with E-state index in [9.17, 15) is 0 Å². The van der Waals surface area contributed by atoms with Gasteiger partial charge >= 0.3 is 0 Å². The van der Waals surface area contributed by atoms with Crippen molar-refractivity contribution in [1.82, 2.24) is 20.1 Å². The standard InChI is InChI=1S/C14H18N4/c1-10-6-17-18(9-10)14-11(2)5-12(8-16-14)7-15-13-3-4-13/h5-6,8-9,13,15H,3-4,7H2,1-2H3. The summed E-state index contributed by atoms with van der Waals surface area (Å²) in [5, 5.41) is 7.80. The van der Waals surface area contributed by atoms with Gasteiger partial charge in [0, 0.05) is 25.0 Å². The summed E-state index contributed by atoms with van der Waals surface area (Å²) in [4.78, 5) is 4.52. The minimum Gasteiger partial charge on any atom is -0.310 e. The molecule has 0 atom stereocenters. The molecule has 1 fully saturated rings. The molecule has 2 aromatic heterocycles. The maximum Gasteiger partial charge on any atom is 0.156 e. The van der Waals surface area contributed by atoms with Crippen molar-refractivity contribution < 1.29 is 0 Å². The Morgan fingerprint density at radius 3 is 2.78 bits per heavy atom. The Labute approximate surface area is 107 Å². The van der Waals surface area contributed by atoms with Crippen LogP contribution in [-0.2, 0) is 6.54 Å². The van der Waals surface area contributed by atoms with Crippen molar-refractivity contribution in [1.29, 1.82) is 0 Å². The topological polar surface area (TPSA) is 42.7 Å². The molecule has 0 unspecified atom stereocenters. The molecule has 3 rings (SSSR count). The minimum atomic E-state index is 0.735. The molecule has 0 amide bonds. The fourth-order valence-corrected chi connectivity index (χ4v) is 2.04. The van der Waals surface area contributed by atoms with Crippen molar-refractivity contribution in [3.8, 4) is 5.82 Å². The van der Waals surface area contributed by atoms with Crippen molar-refractivity contribution in [3.63, 3.8) is 0 Å². The van der Waals surface area contributed by atoms with E-state index in [2.05, 4.69) is 28.4 Å². The molecule has 2 heterocycles. The lowest BCUT2D eigenvalue weighted by Crippen LogP contribution is -2.15. The smallest absolute Gasteiger partial charge is 0.156 e. The first-order chi connectivity index (χ1) is 8.72. The largest absolute Gasteiger partial charge is 0.310 e. The number of aromatic nitrogens is 3. The number of nitrogens with one attached hydrogen (secondary N) is 1. The van der Waals surface area contributed by atoms with E-state index in [1.165, 1.54) is 18.4 Å². The van der Waals surface area contributed by atoms with Gasteiger partial charge in [-0.15, -0.1) is 0 Å². The quantitative estimate of drug-likeness (QED) is 0.893. The highest BCUT2D eigenvalue weighted by Gasteiger charge is 2.20. The van der Waals surface area contributed by atoms with E-state index in [0.29, 0.717) is 0 Å². The molecule has 1 saturated carbocycles. The van der Waals surface area contributed by atoms with Gasteiger partial charge in [-0.2, -0.15) is 5.10 Å². The molecule has 1 aliphatic carbocycles. The average molecular weight is 242 g/mol. The fraction of sp³-hybridized carbons (Fsp3) is 0.429. The van der Waals surface area contributed by atoms with Crippen molar-refractivity contribution in [2.45, 2.75) is 39.3 Å². The predicted octanol–water partition coefficient (Wildman–Crippen LogP) is 2.14. The number of hydrogen-bond donors (Lipinski definition) is 1. The summed E-state index contributed by atoms with van der Waals surface area (Å²) in [6.45, 7) is 5.03. The van der Waals surface area contributed by atoms with Crippen molar-refractivity contribution in [3.05, 3.63) is 41.3 Å². The minimum absolute atomic E-state index is 0.735. The van der Waals surface area contributed by atoms with Gasteiger partial charge in [0.1, 0.15) is 0 Å². The molecular formula is C14H18N4. The second-order valence-electron chi connectivity index (χ2n) is 5.10. The SMILES string of the molecule is Cc1cnn(-c2ncc(CNC3CC3)cc2C)c1. The zero-order chi connectivity index (χ0) is 12.5. The van der Waals surface area contributed by atoms with E-state index in [-0.39, 0.29) is 0 Å². The van der Waals surface area contributed by atoms with Crippen LogP contribution in [0.5, 0.6) is 0 Å². The van der Waals surface area contributed by atoms with Crippen LogP contribution in [-0.4, -0.2) is 20.8 Å². The van der Waals surface area contributed by atoms with Crippen molar-refractivity contribution in [2.75, 3.05) is 0 Å². The maximum absolute atomic E-state index is 4.52. The third-order valence-electron chi connectivity index (χ3n) is 3.21. The van der Waals surface area contributed by atoms with Crippen LogP contribution in [0.3, 0.4) is 0 Å². The number of aryl methyl sites for hydroxylation is 2. The Kier molecular flexibility index (Phi) is 2.88. The molecule has 0 aliphatic heterocycles. The number of nitrogens with zero attached hydrogens (tertiary/aromatic N) is 3. The summed E-state index contributed by atoms with van der Waals surface area (Å²) >= 11 is 0. The van der Waals surface area contributed by atoms with Gasteiger partial charge in [-0.25, -0.2) is 9.67 Å². The maximum atomic E-state index is 4.52. The van der Waals surface area contributed by atoms with Crippen LogP contribution in [0.1, 0.15) is 29.5 Å². The third-order valence-corrected chi connectivity index (χ3v) is 3.21. The van der Waals surface area contributed by atoms with Crippen LogP contribution < -0.4 is 5.32 Å². The molecule has 18 heavy (non-hydrogen) atoms.